The van der Waals surface area contributed by atoms with Gasteiger partial charge < -0.3 is 9.84 Å². The average molecular weight is 509 g/mol. The van der Waals surface area contributed by atoms with Gasteiger partial charge in [-0.2, -0.15) is 0 Å². The number of carboxylic acids is 1. The van der Waals surface area contributed by atoms with E-state index in [1.165, 1.54) is 16.8 Å². The number of carbonyl (C=O) groups is 1. The fraction of sp³-hybridized carbons (Fsp3) is 0.103. The van der Waals surface area contributed by atoms with Crippen molar-refractivity contribution in [2.24, 2.45) is 4.99 Å². The molecule has 5 aromatic rings. The normalized spacial score (nSPS) is 14.5. The number of carboxylic acid groups (broad SMARTS) is 1. The van der Waals surface area contributed by atoms with E-state index in [2.05, 4.69) is 23.2 Å². The summed E-state index contributed by atoms with van der Waals surface area (Å²) in [6.07, 6.45) is 0. The molecule has 37 heavy (non-hydrogen) atoms. The van der Waals surface area contributed by atoms with Gasteiger partial charge in [-0.15, -0.1) is 11.3 Å². The zero-order valence-electron chi connectivity index (χ0n) is 19.7. The van der Waals surface area contributed by atoms with E-state index < -0.39 is 16.8 Å². The molecule has 6 rings (SSSR count). The van der Waals surface area contributed by atoms with Crippen molar-refractivity contribution in [3.63, 3.8) is 0 Å². The second-order valence-electron chi connectivity index (χ2n) is 8.93. The number of thiophene rings is 1. The van der Waals surface area contributed by atoms with E-state index >= 15 is 0 Å². The van der Waals surface area contributed by atoms with Gasteiger partial charge in [0, 0.05) is 32.3 Å². The third-order valence-corrected chi connectivity index (χ3v) is 7.81. The first-order valence-electron chi connectivity index (χ1n) is 11.6. The Labute approximate surface area is 215 Å². The summed E-state index contributed by atoms with van der Waals surface area (Å²) in [5.74, 6) is -0.997. The number of rotatable bonds is 6. The maximum atomic E-state index is 12.3. The van der Waals surface area contributed by atoms with Gasteiger partial charge >= 0.3 is 5.97 Å². The Balaban J connectivity index is 1.37. The van der Waals surface area contributed by atoms with Crippen molar-refractivity contribution in [1.82, 2.24) is 0 Å². The molecule has 1 unspecified atom stereocenters. The van der Waals surface area contributed by atoms with Gasteiger partial charge in [-0.1, -0.05) is 30.3 Å². The number of nitro benzene ring substituents is 1. The Morgan fingerprint density at radius 1 is 1.05 bits per heavy atom. The Kier molecular flexibility index (Phi) is 5.46. The average Bonchev–Trinajstić information content (AvgIpc) is 3.47. The van der Waals surface area contributed by atoms with Crippen LogP contribution in [0, 0.1) is 17.0 Å². The molecular weight excluding hydrogens is 488 g/mol. The van der Waals surface area contributed by atoms with Crippen LogP contribution in [0.5, 0.6) is 5.75 Å². The minimum Gasteiger partial charge on any atom is -0.489 e. The molecule has 4 aromatic carbocycles. The van der Waals surface area contributed by atoms with Gasteiger partial charge in [-0.25, -0.2) is 9.79 Å². The molecule has 8 heteroatoms. The molecule has 0 saturated heterocycles. The highest BCUT2D eigenvalue weighted by atomic mass is 32.1. The zero-order chi connectivity index (χ0) is 25.7. The molecule has 0 fully saturated rings. The number of ether oxygens (including phenoxy) is 1. The summed E-state index contributed by atoms with van der Waals surface area (Å²) in [7, 11) is 0. The van der Waals surface area contributed by atoms with Gasteiger partial charge in [-0.05, 0) is 65.6 Å². The van der Waals surface area contributed by atoms with Gasteiger partial charge in [0.2, 0.25) is 0 Å². The standard InChI is InChI=1S/C29H20N2O5S/c1-16-25-21-7-2-3-8-23(21)37-24(25)14-22-26(28(29(32)33)30-27(16)22)18-5-4-6-20(13-18)36-15-17-9-11-19(12-10-17)31(34)35/h2-14,26H,15H2,1H3,(H,32,33). The van der Waals surface area contributed by atoms with Crippen LogP contribution < -0.4 is 4.74 Å². The molecule has 1 aliphatic rings. The Bertz CT molecular complexity index is 1750. The molecule has 1 atom stereocenters. The molecule has 182 valence electrons. The molecule has 1 aromatic heterocycles. The maximum Gasteiger partial charge on any atom is 0.351 e. The smallest absolute Gasteiger partial charge is 0.351 e. The first-order valence-corrected chi connectivity index (χ1v) is 12.4. The maximum absolute atomic E-state index is 12.3. The summed E-state index contributed by atoms with van der Waals surface area (Å²) in [4.78, 5) is 27.3. The molecular formula is C29H20N2O5S. The van der Waals surface area contributed by atoms with Gasteiger partial charge in [0.1, 0.15) is 18.1 Å². The van der Waals surface area contributed by atoms with Gasteiger partial charge in [0.15, 0.2) is 0 Å². The fourth-order valence-electron chi connectivity index (χ4n) is 4.97. The van der Waals surface area contributed by atoms with Gasteiger partial charge in [0.25, 0.3) is 5.69 Å². The van der Waals surface area contributed by atoms with Crippen molar-refractivity contribution in [2.45, 2.75) is 19.4 Å². The van der Waals surface area contributed by atoms with Crippen molar-refractivity contribution in [1.29, 1.82) is 0 Å². The molecule has 7 nitrogen and oxygen atoms in total. The number of aliphatic imine (C=N–C) groups is 1. The summed E-state index contributed by atoms with van der Waals surface area (Å²) in [5, 5.41) is 23.2. The van der Waals surface area contributed by atoms with E-state index in [4.69, 9.17) is 4.74 Å². The van der Waals surface area contributed by atoms with E-state index in [0.717, 1.165) is 43.4 Å². The van der Waals surface area contributed by atoms with E-state index in [-0.39, 0.29) is 18.0 Å². The number of aliphatic carboxylic acids is 1. The molecule has 0 spiro atoms. The van der Waals surface area contributed by atoms with Crippen LogP contribution in [0.4, 0.5) is 11.4 Å². The lowest BCUT2D eigenvalue weighted by atomic mass is 9.87. The Hall–Kier alpha value is -4.56. The van der Waals surface area contributed by atoms with Crippen molar-refractivity contribution < 1.29 is 19.6 Å². The van der Waals surface area contributed by atoms with E-state index in [1.807, 2.05) is 43.3 Å². The third-order valence-electron chi connectivity index (χ3n) is 6.69. The van der Waals surface area contributed by atoms with Crippen molar-refractivity contribution in [3.8, 4) is 5.75 Å². The van der Waals surface area contributed by atoms with Crippen LogP contribution in [0.15, 0.2) is 83.9 Å². The highest BCUT2D eigenvalue weighted by Crippen LogP contribution is 2.48. The quantitative estimate of drug-likeness (QED) is 0.194. The molecule has 1 aliphatic heterocycles. The predicted octanol–water partition coefficient (Wildman–Crippen LogP) is 7.15. The van der Waals surface area contributed by atoms with Crippen LogP contribution in [-0.4, -0.2) is 21.7 Å². The topological polar surface area (TPSA) is 102 Å². The first kappa shape index (κ1) is 22.9. The van der Waals surface area contributed by atoms with Gasteiger partial charge in [0.05, 0.1) is 16.5 Å². The molecule has 2 heterocycles. The summed E-state index contributed by atoms with van der Waals surface area (Å²) >= 11 is 1.70. The number of non-ortho nitro benzene ring substituents is 1. The minimum atomic E-state index is -1.05. The number of aryl methyl sites for hydroxylation is 1. The summed E-state index contributed by atoms with van der Waals surface area (Å²) in [6.45, 7) is 2.24. The molecule has 0 saturated carbocycles. The highest BCUT2D eigenvalue weighted by Gasteiger charge is 2.35. The summed E-state index contributed by atoms with van der Waals surface area (Å²) in [6, 6.07) is 23.9. The second-order valence-corrected chi connectivity index (χ2v) is 10.0. The van der Waals surface area contributed by atoms with Crippen LogP contribution in [0.1, 0.15) is 28.2 Å². The number of hydrogen-bond acceptors (Lipinski definition) is 6. The van der Waals surface area contributed by atoms with E-state index in [0.29, 0.717) is 5.75 Å². The largest absolute Gasteiger partial charge is 0.489 e. The van der Waals surface area contributed by atoms with Crippen LogP contribution in [0.2, 0.25) is 0 Å². The lowest BCUT2D eigenvalue weighted by Crippen LogP contribution is -2.19. The number of nitrogens with zero attached hydrogens (tertiary/aromatic N) is 2. The number of benzene rings is 4. The lowest BCUT2D eigenvalue weighted by Gasteiger charge is -2.16. The molecule has 0 bridgehead atoms. The Morgan fingerprint density at radius 3 is 2.59 bits per heavy atom. The Morgan fingerprint density at radius 2 is 1.84 bits per heavy atom. The molecule has 1 N–H and O–H groups in total. The summed E-state index contributed by atoms with van der Waals surface area (Å²) in [5.41, 5.74) is 4.26. The van der Waals surface area contributed by atoms with E-state index in [1.54, 1.807) is 23.5 Å². The van der Waals surface area contributed by atoms with Crippen LogP contribution >= 0.6 is 11.3 Å². The SMILES string of the molecule is Cc1c2c(cc3sc4ccccc4c13)C(c1cccc(OCc3ccc([N+](=O)[O-])cc3)c1)C(C(=O)O)=N2. The number of fused-ring (bicyclic) bond motifs is 4. The third kappa shape index (κ3) is 3.91. The predicted molar refractivity (Wildman–Crippen MR) is 145 cm³/mol. The van der Waals surface area contributed by atoms with Crippen LogP contribution in [0.25, 0.3) is 20.2 Å². The number of hydrogen-bond donors (Lipinski definition) is 1. The highest BCUT2D eigenvalue weighted by molar-refractivity contribution is 7.25. The van der Waals surface area contributed by atoms with Gasteiger partial charge in [-0.3, -0.25) is 10.1 Å². The molecule has 0 amide bonds. The van der Waals surface area contributed by atoms with E-state index in [9.17, 15) is 20.0 Å². The second kappa shape index (κ2) is 8.83. The number of nitro groups is 1. The van der Waals surface area contributed by atoms with Crippen molar-refractivity contribution >= 4 is 54.6 Å². The monoisotopic (exact) mass is 508 g/mol. The zero-order valence-corrected chi connectivity index (χ0v) is 20.5. The minimum absolute atomic E-state index is 0.0224. The first-order chi connectivity index (χ1) is 17.9. The lowest BCUT2D eigenvalue weighted by molar-refractivity contribution is -0.384. The fourth-order valence-corrected chi connectivity index (χ4v) is 6.19. The molecule has 0 radical (unpaired) electrons. The van der Waals surface area contributed by atoms with Crippen molar-refractivity contribution in [2.75, 3.05) is 0 Å². The van der Waals surface area contributed by atoms with Crippen molar-refractivity contribution in [3.05, 3.63) is 111 Å². The van der Waals surface area contributed by atoms with Crippen LogP contribution in [-0.2, 0) is 11.4 Å². The summed E-state index contributed by atoms with van der Waals surface area (Å²) < 4.78 is 8.25. The van der Waals surface area contributed by atoms with Crippen LogP contribution in [0.3, 0.4) is 0 Å². The molecule has 0 aliphatic carbocycles.